The number of oxime groups is 1. The lowest BCUT2D eigenvalue weighted by atomic mass is 10.1. The first-order valence-electron chi connectivity index (χ1n) is 4.95. The molecule has 0 bridgehead atoms. The van der Waals surface area contributed by atoms with E-state index in [1.54, 1.807) is 0 Å². The first kappa shape index (κ1) is 11.5. The second-order valence-electron chi connectivity index (χ2n) is 3.50. The summed E-state index contributed by atoms with van der Waals surface area (Å²) in [5.41, 5.74) is 7.83. The van der Waals surface area contributed by atoms with E-state index < -0.39 is 0 Å². The topological polar surface area (TPSA) is 70.6 Å². The third-order valence-electron chi connectivity index (χ3n) is 2.14. The Labute approximate surface area is 89.8 Å². The number of nitrogens with two attached hydrogens (primary N) is 1. The number of amidine groups is 1. The van der Waals surface area contributed by atoms with E-state index in [-0.39, 0.29) is 5.84 Å². The average molecular weight is 207 g/mol. The molecule has 0 unspecified atom stereocenters. The third kappa shape index (κ3) is 4.46. The zero-order valence-corrected chi connectivity index (χ0v) is 8.90. The Hall–Kier alpha value is -1.55. The van der Waals surface area contributed by atoms with Gasteiger partial charge in [-0.3, -0.25) is 0 Å². The maximum absolute atomic E-state index is 8.32. The molecule has 0 aliphatic carbocycles. The number of hydrogen-bond acceptors (Lipinski definition) is 3. The molecule has 0 fully saturated rings. The molecule has 1 aromatic rings. The number of nitrogens with one attached hydrogen (secondary N) is 1. The van der Waals surface area contributed by atoms with Gasteiger partial charge in [0, 0.05) is 19.5 Å². The van der Waals surface area contributed by atoms with Gasteiger partial charge in [-0.15, -0.1) is 0 Å². The molecule has 1 aromatic carbocycles. The molecular weight excluding hydrogens is 190 g/mol. The van der Waals surface area contributed by atoms with Crippen LogP contribution in [0.5, 0.6) is 0 Å². The third-order valence-corrected chi connectivity index (χ3v) is 2.14. The summed E-state index contributed by atoms with van der Waals surface area (Å²) in [6, 6.07) is 8.35. The van der Waals surface area contributed by atoms with Gasteiger partial charge in [-0.05, 0) is 12.5 Å². The Bertz CT molecular complexity index is 319. The Kier molecular flexibility index (Phi) is 4.63. The molecule has 0 spiro atoms. The van der Waals surface area contributed by atoms with Crippen molar-refractivity contribution in [2.75, 3.05) is 6.54 Å². The molecule has 0 radical (unpaired) electrons. The molecule has 4 nitrogen and oxygen atoms in total. The van der Waals surface area contributed by atoms with Crippen LogP contribution in [0, 0.1) is 6.92 Å². The van der Waals surface area contributed by atoms with Crippen LogP contribution in [0.25, 0.3) is 0 Å². The molecular formula is C11H17N3O. The maximum Gasteiger partial charge on any atom is 0.140 e. The fraction of sp³-hybridized carbons (Fsp3) is 0.364. The summed E-state index contributed by atoms with van der Waals surface area (Å²) >= 11 is 0. The van der Waals surface area contributed by atoms with Gasteiger partial charge in [0.25, 0.3) is 0 Å². The molecule has 0 saturated carbocycles. The number of hydrogen-bond donors (Lipinski definition) is 3. The quantitative estimate of drug-likeness (QED) is 0.223. The van der Waals surface area contributed by atoms with Crippen LogP contribution in [0.3, 0.4) is 0 Å². The van der Waals surface area contributed by atoms with Crippen molar-refractivity contribution < 1.29 is 5.21 Å². The van der Waals surface area contributed by atoms with Crippen molar-refractivity contribution in [2.24, 2.45) is 10.9 Å². The monoisotopic (exact) mass is 207 g/mol. The van der Waals surface area contributed by atoms with Crippen LogP contribution in [0.4, 0.5) is 0 Å². The van der Waals surface area contributed by atoms with Crippen molar-refractivity contribution >= 4 is 5.84 Å². The van der Waals surface area contributed by atoms with Gasteiger partial charge in [0.05, 0.1) is 0 Å². The Morgan fingerprint density at radius 2 is 2.07 bits per heavy atom. The van der Waals surface area contributed by atoms with Crippen LogP contribution in [-0.4, -0.2) is 17.6 Å². The molecule has 4 heteroatoms. The molecule has 0 aliphatic rings. The molecule has 0 aliphatic heterocycles. The summed E-state index contributed by atoms with van der Waals surface area (Å²) in [5.74, 6) is 0.256. The molecule has 4 N–H and O–H groups in total. The fourth-order valence-electron chi connectivity index (χ4n) is 1.21. The van der Waals surface area contributed by atoms with E-state index in [4.69, 9.17) is 10.9 Å². The van der Waals surface area contributed by atoms with Crippen molar-refractivity contribution in [3.8, 4) is 0 Å². The fourth-order valence-corrected chi connectivity index (χ4v) is 1.21. The van der Waals surface area contributed by atoms with Crippen molar-refractivity contribution in [2.45, 2.75) is 19.9 Å². The molecule has 0 atom stereocenters. The van der Waals surface area contributed by atoms with Crippen molar-refractivity contribution in [1.82, 2.24) is 5.32 Å². The first-order chi connectivity index (χ1) is 7.22. The summed E-state index contributed by atoms with van der Waals surface area (Å²) in [5, 5.41) is 14.4. The largest absolute Gasteiger partial charge is 0.409 e. The van der Waals surface area contributed by atoms with Gasteiger partial charge in [0.2, 0.25) is 0 Å². The van der Waals surface area contributed by atoms with E-state index in [1.807, 2.05) is 0 Å². The normalized spacial score (nSPS) is 11.7. The van der Waals surface area contributed by atoms with Crippen molar-refractivity contribution in [3.63, 3.8) is 0 Å². The lowest BCUT2D eigenvalue weighted by Crippen LogP contribution is -2.21. The second-order valence-corrected chi connectivity index (χ2v) is 3.50. The molecule has 0 saturated heterocycles. The minimum atomic E-state index is 0.256. The lowest BCUT2D eigenvalue weighted by molar-refractivity contribution is 0.316. The van der Waals surface area contributed by atoms with Crippen LogP contribution in [0.15, 0.2) is 29.4 Å². The number of rotatable bonds is 5. The number of nitrogens with zero attached hydrogens (tertiary/aromatic N) is 1. The minimum absolute atomic E-state index is 0.256. The summed E-state index contributed by atoms with van der Waals surface area (Å²) < 4.78 is 0. The van der Waals surface area contributed by atoms with Gasteiger partial charge in [0.15, 0.2) is 0 Å². The van der Waals surface area contributed by atoms with Crippen molar-refractivity contribution in [1.29, 1.82) is 0 Å². The molecule has 0 amide bonds. The van der Waals surface area contributed by atoms with Crippen LogP contribution in [0.1, 0.15) is 17.5 Å². The molecule has 0 heterocycles. The van der Waals surface area contributed by atoms with E-state index in [2.05, 4.69) is 41.7 Å². The predicted molar refractivity (Wildman–Crippen MR) is 60.9 cm³/mol. The molecule has 15 heavy (non-hydrogen) atoms. The average Bonchev–Trinajstić information content (AvgIpc) is 2.26. The smallest absolute Gasteiger partial charge is 0.140 e. The highest BCUT2D eigenvalue weighted by Crippen LogP contribution is 2.02. The highest BCUT2D eigenvalue weighted by molar-refractivity contribution is 5.79. The van der Waals surface area contributed by atoms with E-state index in [0.717, 1.165) is 6.54 Å². The van der Waals surface area contributed by atoms with Crippen molar-refractivity contribution in [3.05, 3.63) is 35.4 Å². The summed E-state index contributed by atoms with van der Waals surface area (Å²) in [6.07, 6.45) is 0.558. The predicted octanol–water partition coefficient (Wildman–Crippen LogP) is 1.22. The van der Waals surface area contributed by atoms with E-state index in [9.17, 15) is 0 Å². The Balaban J connectivity index is 2.23. The van der Waals surface area contributed by atoms with Crippen LogP contribution in [-0.2, 0) is 6.54 Å². The summed E-state index contributed by atoms with van der Waals surface area (Å²) in [4.78, 5) is 0. The van der Waals surface area contributed by atoms with E-state index >= 15 is 0 Å². The minimum Gasteiger partial charge on any atom is -0.409 e. The van der Waals surface area contributed by atoms with Gasteiger partial charge in [0.1, 0.15) is 5.84 Å². The van der Waals surface area contributed by atoms with Gasteiger partial charge >= 0.3 is 0 Å². The van der Waals surface area contributed by atoms with E-state index in [1.165, 1.54) is 11.1 Å². The second kappa shape index (κ2) is 6.03. The molecule has 0 aromatic heterocycles. The lowest BCUT2D eigenvalue weighted by Gasteiger charge is -2.04. The van der Waals surface area contributed by atoms with Crippen LogP contribution < -0.4 is 11.1 Å². The summed E-state index contributed by atoms with van der Waals surface area (Å²) in [6.45, 7) is 3.58. The van der Waals surface area contributed by atoms with Crippen LogP contribution >= 0.6 is 0 Å². The Morgan fingerprint density at radius 3 is 2.67 bits per heavy atom. The SMILES string of the molecule is Cc1ccc(CNCCC(N)=NO)cc1. The van der Waals surface area contributed by atoms with Gasteiger partial charge in [-0.1, -0.05) is 35.0 Å². The number of benzene rings is 1. The first-order valence-corrected chi connectivity index (χ1v) is 4.95. The Morgan fingerprint density at radius 1 is 1.40 bits per heavy atom. The zero-order chi connectivity index (χ0) is 11.1. The standard InChI is InChI=1S/C11H17N3O/c1-9-2-4-10(5-3-9)8-13-7-6-11(12)14-15/h2-5,13,15H,6-8H2,1H3,(H2,12,14). The highest BCUT2D eigenvalue weighted by Gasteiger charge is 1.94. The van der Waals surface area contributed by atoms with E-state index in [0.29, 0.717) is 13.0 Å². The highest BCUT2D eigenvalue weighted by atomic mass is 16.4. The molecule has 1 rings (SSSR count). The maximum atomic E-state index is 8.32. The van der Waals surface area contributed by atoms with Gasteiger partial charge < -0.3 is 16.3 Å². The van der Waals surface area contributed by atoms with Crippen LogP contribution in [0.2, 0.25) is 0 Å². The number of aryl methyl sites for hydroxylation is 1. The zero-order valence-electron chi connectivity index (χ0n) is 8.90. The van der Waals surface area contributed by atoms with Gasteiger partial charge in [-0.25, -0.2) is 0 Å². The van der Waals surface area contributed by atoms with Gasteiger partial charge in [-0.2, -0.15) is 0 Å². The summed E-state index contributed by atoms with van der Waals surface area (Å²) in [7, 11) is 0. The molecule has 82 valence electrons.